The normalized spacial score (nSPS) is 26.3. The first-order valence-corrected chi connectivity index (χ1v) is 5.67. The molecule has 1 aliphatic heterocycles. The number of hydrogen-bond acceptors (Lipinski definition) is 3. The van der Waals surface area contributed by atoms with E-state index in [4.69, 9.17) is 0 Å². The fourth-order valence-electron chi connectivity index (χ4n) is 2.10. The number of piperidine rings is 1. The minimum Gasteiger partial charge on any atom is -0.367 e. The van der Waals surface area contributed by atoms with Crippen molar-refractivity contribution in [3.8, 4) is 0 Å². The Labute approximate surface area is 91.3 Å². The van der Waals surface area contributed by atoms with Crippen LogP contribution in [0.2, 0.25) is 0 Å². The van der Waals surface area contributed by atoms with Crippen LogP contribution in [0.1, 0.15) is 25.5 Å². The van der Waals surface area contributed by atoms with Crippen LogP contribution in [0.5, 0.6) is 0 Å². The van der Waals surface area contributed by atoms with E-state index in [1.54, 1.807) is 0 Å². The zero-order valence-corrected chi connectivity index (χ0v) is 9.46. The summed E-state index contributed by atoms with van der Waals surface area (Å²) in [6.45, 7) is 5.36. The molecule has 82 valence electrons. The van der Waals surface area contributed by atoms with E-state index in [0.717, 1.165) is 18.1 Å². The molecule has 0 aliphatic carbocycles. The smallest absolute Gasteiger partial charge is 0.126 e. The highest BCUT2D eigenvalue weighted by Gasteiger charge is 2.17. The van der Waals surface area contributed by atoms with Crippen molar-refractivity contribution < 1.29 is 0 Å². The van der Waals surface area contributed by atoms with Gasteiger partial charge < -0.3 is 10.6 Å². The summed E-state index contributed by atoms with van der Waals surface area (Å²) in [7, 11) is 0. The third-order valence-corrected chi connectivity index (χ3v) is 2.86. The van der Waals surface area contributed by atoms with Gasteiger partial charge in [0.05, 0.1) is 0 Å². The molecule has 0 radical (unpaired) electrons. The Hall–Kier alpha value is -1.09. The van der Waals surface area contributed by atoms with Crippen LogP contribution in [0.25, 0.3) is 0 Å². The molecule has 2 atom stereocenters. The van der Waals surface area contributed by atoms with Crippen molar-refractivity contribution in [2.75, 3.05) is 11.9 Å². The second-order valence-electron chi connectivity index (χ2n) is 4.39. The Kier molecular flexibility index (Phi) is 3.21. The molecule has 0 saturated carbocycles. The minimum absolute atomic E-state index is 0.565. The lowest BCUT2D eigenvalue weighted by Gasteiger charge is -2.29. The van der Waals surface area contributed by atoms with Gasteiger partial charge in [0.25, 0.3) is 0 Å². The average molecular weight is 205 g/mol. The van der Waals surface area contributed by atoms with Gasteiger partial charge in [-0.05, 0) is 45.4 Å². The molecule has 1 saturated heterocycles. The third-order valence-electron chi connectivity index (χ3n) is 2.86. The maximum Gasteiger partial charge on any atom is 0.126 e. The number of hydrogen-bond donors (Lipinski definition) is 2. The summed E-state index contributed by atoms with van der Waals surface area (Å²) in [6, 6.07) is 7.29. The van der Waals surface area contributed by atoms with Crippen LogP contribution >= 0.6 is 0 Å². The molecule has 3 heteroatoms. The summed E-state index contributed by atoms with van der Waals surface area (Å²) in [4.78, 5) is 4.46. The topological polar surface area (TPSA) is 37.0 Å². The van der Waals surface area contributed by atoms with Crippen molar-refractivity contribution >= 4 is 5.82 Å². The lowest BCUT2D eigenvalue weighted by atomic mass is 10.0. The summed E-state index contributed by atoms with van der Waals surface area (Å²) in [5, 5.41) is 6.95. The summed E-state index contributed by atoms with van der Waals surface area (Å²) in [5.74, 6) is 1.01. The number of aryl methyl sites for hydroxylation is 1. The Morgan fingerprint density at radius 3 is 3.07 bits per heavy atom. The van der Waals surface area contributed by atoms with Gasteiger partial charge in [-0.25, -0.2) is 4.98 Å². The second-order valence-corrected chi connectivity index (χ2v) is 4.39. The van der Waals surface area contributed by atoms with Crippen LogP contribution in [0.15, 0.2) is 18.2 Å². The van der Waals surface area contributed by atoms with Gasteiger partial charge in [0, 0.05) is 17.8 Å². The van der Waals surface area contributed by atoms with Crippen LogP contribution in [-0.2, 0) is 0 Å². The molecule has 2 unspecified atom stereocenters. The second kappa shape index (κ2) is 4.62. The van der Waals surface area contributed by atoms with Gasteiger partial charge in [0.15, 0.2) is 0 Å². The summed E-state index contributed by atoms with van der Waals surface area (Å²) < 4.78 is 0. The van der Waals surface area contributed by atoms with Crippen molar-refractivity contribution in [1.29, 1.82) is 0 Å². The molecule has 3 nitrogen and oxygen atoms in total. The van der Waals surface area contributed by atoms with Gasteiger partial charge >= 0.3 is 0 Å². The highest BCUT2D eigenvalue weighted by atomic mass is 15.0. The summed E-state index contributed by atoms with van der Waals surface area (Å²) >= 11 is 0. The molecule has 1 fully saturated rings. The fraction of sp³-hybridized carbons (Fsp3) is 0.583. The van der Waals surface area contributed by atoms with Crippen molar-refractivity contribution in [3.63, 3.8) is 0 Å². The zero-order chi connectivity index (χ0) is 10.7. The molecule has 2 rings (SSSR count). The number of nitrogens with one attached hydrogen (secondary N) is 2. The summed E-state index contributed by atoms with van der Waals surface area (Å²) in [6.07, 6.45) is 2.36. The average Bonchev–Trinajstić information content (AvgIpc) is 2.17. The minimum atomic E-state index is 0.565. The first-order chi connectivity index (χ1) is 7.24. The Balaban J connectivity index is 1.96. The van der Waals surface area contributed by atoms with Crippen LogP contribution < -0.4 is 10.6 Å². The first kappa shape index (κ1) is 10.4. The van der Waals surface area contributed by atoms with Crippen LogP contribution in [-0.4, -0.2) is 23.6 Å². The Morgan fingerprint density at radius 1 is 1.47 bits per heavy atom. The van der Waals surface area contributed by atoms with E-state index < -0.39 is 0 Å². The predicted octanol–water partition coefficient (Wildman–Crippen LogP) is 1.94. The highest BCUT2D eigenvalue weighted by molar-refractivity contribution is 5.36. The Bertz CT molecular complexity index is 324. The van der Waals surface area contributed by atoms with Gasteiger partial charge in [-0.15, -0.1) is 0 Å². The van der Waals surface area contributed by atoms with Gasteiger partial charge in [0.2, 0.25) is 0 Å². The third kappa shape index (κ3) is 2.93. The van der Waals surface area contributed by atoms with E-state index in [1.807, 2.05) is 19.1 Å². The van der Waals surface area contributed by atoms with Gasteiger partial charge in [-0.3, -0.25) is 0 Å². The molecule has 15 heavy (non-hydrogen) atoms. The first-order valence-electron chi connectivity index (χ1n) is 5.67. The lowest BCUT2D eigenvalue weighted by molar-refractivity contribution is 0.396. The van der Waals surface area contributed by atoms with Crippen molar-refractivity contribution in [1.82, 2.24) is 10.3 Å². The van der Waals surface area contributed by atoms with Crippen LogP contribution in [0.3, 0.4) is 0 Å². The van der Waals surface area contributed by atoms with Crippen LogP contribution in [0.4, 0.5) is 5.82 Å². The Morgan fingerprint density at radius 2 is 2.33 bits per heavy atom. The van der Waals surface area contributed by atoms with E-state index in [1.165, 1.54) is 12.8 Å². The van der Waals surface area contributed by atoms with E-state index >= 15 is 0 Å². The maximum atomic E-state index is 4.46. The lowest BCUT2D eigenvalue weighted by Crippen LogP contribution is -2.41. The number of anilines is 1. The molecular formula is C12H19N3. The number of pyridine rings is 1. The molecule has 2 N–H and O–H groups in total. The molecule has 0 spiro atoms. The number of rotatable bonds is 2. The van der Waals surface area contributed by atoms with Crippen LogP contribution in [0, 0.1) is 6.92 Å². The fourth-order valence-corrected chi connectivity index (χ4v) is 2.10. The predicted molar refractivity (Wildman–Crippen MR) is 63.1 cm³/mol. The SMILES string of the molecule is Cc1cccc(NC2CCNC(C)C2)n1. The van der Waals surface area contributed by atoms with E-state index in [0.29, 0.717) is 12.1 Å². The molecular weight excluding hydrogens is 186 g/mol. The largest absolute Gasteiger partial charge is 0.367 e. The molecule has 0 aromatic carbocycles. The molecule has 0 bridgehead atoms. The molecule has 1 aromatic rings. The standard InChI is InChI=1S/C12H19N3/c1-9-4-3-5-12(14-9)15-11-6-7-13-10(2)8-11/h3-5,10-11,13H,6-8H2,1-2H3,(H,14,15). The molecule has 1 aromatic heterocycles. The van der Waals surface area contributed by atoms with E-state index in [2.05, 4.69) is 28.6 Å². The van der Waals surface area contributed by atoms with Crippen molar-refractivity contribution in [3.05, 3.63) is 23.9 Å². The molecule has 1 aliphatic rings. The van der Waals surface area contributed by atoms with E-state index in [9.17, 15) is 0 Å². The maximum absolute atomic E-state index is 4.46. The van der Waals surface area contributed by atoms with Gasteiger partial charge in [0.1, 0.15) is 5.82 Å². The zero-order valence-electron chi connectivity index (χ0n) is 9.46. The van der Waals surface area contributed by atoms with E-state index in [-0.39, 0.29) is 0 Å². The van der Waals surface area contributed by atoms with Gasteiger partial charge in [-0.2, -0.15) is 0 Å². The highest BCUT2D eigenvalue weighted by Crippen LogP contribution is 2.14. The molecule has 0 amide bonds. The van der Waals surface area contributed by atoms with Gasteiger partial charge in [-0.1, -0.05) is 6.07 Å². The summed E-state index contributed by atoms with van der Waals surface area (Å²) in [5.41, 5.74) is 1.07. The quantitative estimate of drug-likeness (QED) is 0.774. The van der Waals surface area contributed by atoms with Crippen molar-refractivity contribution in [2.45, 2.75) is 38.8 Å². The monoisotopic (exact) mass is 205 g/mol. The number of aromatic nitrogens is 1. The number of nitrogens with zero attached hydrogens (tertiary/aromatic N) is 1. The molecule has 2 heterocycles. The van der Waals surface area contributed by atoms with Crippen molar-refractivity contribution in [2.24, 2.45) is 0 Å².